The van der Waals surface area contributed by atoms with Crippen molar-refractivity contribution >= 4 is 15.7 Å². The number of hydrogen-bond donors (Lipinski definition) is 1. The van der Waals surface area contributed by atoms with Gasteiger partial charge in [0.05, 0.1) is 5.60 Å². The van der Waals surface area contributed by atoms with Crippen LogP contribution < -0.4 is 5.32 Å². The predicted octanol–water partition coefficient (Wildman–Crippen LogP) is 1.85. The Bertz CT molecular complexity index is 555. The van der Waals surface area contributed by atoms with E-state index in [1.165, 1.54) is 6.26 Å². The Morgan fingerprint density at radius 2 is 2.21 bits per heavy atom. The minimum atomic E-state index is -3.27. The molecule has 5 nitrogen and oxygen atoms in total. The van der Waals surface area contributed by atoms with Gasteiger partial charge >= 0.3 is 0 Å². The van der Waals surface area contributed by atoms with E-state index in [0.717, 1.165) is 12.8 Å². The minimum Gasteiger partial charge on any atom is -0.375 e. The molecule has 2 heterocycles. The number of rotatable bonds is 3. The Morgan fingerprint density at radius 3 is 2.84 bits per heavy atom. The Hall–Kier alpha value is -1.14. The average molecular weight is 284 g/mol. The molecule has 0 aliphatic carbocycles. The topological polar surface area (TPSA) is 68.3 Å². The molecule has 0 aromatic carbocycles. The van der Waals surface area contributed by atoms with E-state index in [4.69, 9.17) is 4.74 Å². The van der Waals surface area contributed by atoms with Gasteiger partial charge in [0.1, 0.15) is 10.7 Å². The lowest BCUT2D eigenvalue weighted by Crippen LogP contribution is -2.40. The van der Waals surface area contributed by atoms with Crippen LogP contribution in [0.15, 0.2) is 23.2 Å². The summed E-state index contributed by atoms with van der Waals surface area (Å²) in [5, 5.41) is 3.24. The van der Waals surface area contributed by atoms with Gasteiger partial charge in [-0.25, -0.2) is 13.4 Å². The van der Waals surface area contributed by atoms with Gasteiger partial charge in [0, 0.05) is 25.1 Å². The van der Waals surface area contributed by atoms with Gasteiger partial charge in [-0.2, -0.15) is 0 Å². The van der Waals surface area contributed by atoms with Crippen LogP contribution in [0.25, 0.3) is 0 Å². The third-order valence-electron chi connectivity index (χ3n) is 3.21. The molecule has 2 rings (SSSR count). The van der Waals surface area contributed by atoms with Gasteiger partial charge in [-0.1, -0.05) is 0 Å². The summed E-state index contributed by atoms with van der Waals surface area (Å²) in [6.07, 6.45) is 4.47. The average Bonchev–Trinajstić information content (AvgIpc) is 2.26. The van der Waals surface area contributed by atoms with Crippen molar-refractivity contribution < 1.29 is 13.2 Å². The zero-order valence-electron chi connectivity index (χ0n) is 11.5. The number of hydrogen-bond acceptors (Lipinski definition) is 5. The summed E-state index contributed by atoms with van der Waals surface area (Å²) in [4.78, 5) is 4.41. The summed E-state index contributed by atoms with van der Waals surface area (Å²) >= 11 is 0. The molecule has 1 aliphatic rings. The first-order chi connectivity index (χ1) is 8.78. The summed E-state index contributed by atoms with van der Waals surface area (Å²) in [5.41, 5.74) is -0.185. The molecule has 6 heteroatoms. The molecule has 1 unspecified atom stereocenters. The first-order valence-electron chi connectivity index (χ1n) is 6.33. The van der Waals surface area contributed by atoms with Crippen molar-refractivity contribution in [3.8, 4) is 0 Å². The van der Waals surface area contributed by atoms with E-state index in [0.29, 0.717) is 12.4 Å². The maximum absolute atomic E-state index is 11.7. The summed E-state index contributed by atoms with van der Waals surface area (Å²) in [7, 11) is -3.27. The maximum atomic E-state index is 11.7. The van der Waals surface area contributed by atoms with Crippen molar-refractivity contribution in [1.82, 2.24) is 4.98 Å². The van der Waals surface area contributed by atoms with E-state index in [9.17, 15) is 8.42 Å². The fraction of sp³-hybridized carbons (Fsp3) is 0.615. The van der Waals surface area contributed by atoms with Crippen LogP contribution in [0.3, 0.4) is 0 Å². The second-order valence-electron chi connectivity index (χ2n) is 5.56. The SMILES string of the molecule is CC1(C)CC(Nc2ncccc2S(C)(=O)=O)CCO1. The summed E-state index contributed by atoms with van der Waals surface area (Å²) < 4.78 is 29.1. The molecule has 1 N–H and O–H groups in total. The van der Waals surface area contributed by atoms with Gasteiger partial charge in [-0.3, -0.25) is 0 Å². The molecule has 0 spiro atoms. The van der Waals surface area contributed by atoms with Crippen LogP contribution in [0.1, 0.15) is 26.7 Å². The molecule has 0 amide bonds. The largest absolute Gasteiger partial charge is 0.375 e. The third kappa shape index (κ3) is 3.67. The van der Waals surface area contributed by atoms with E-state index in [1.807, 2.05) is 13.8 Å². The highest BCUT2D eigenvalue weighted by Crippen LogP contribution is 2.27. The van der Waals surface area contributed by atoms with Crippen molar-refractivity contribution in [3.05, 3.63) is 18.3 Å². The summed E-state index contributed by atoms with van der Waals surface area (Å²) in [5.74, 6) is 0.438. The predicted molar refractivity (Wildman–Crippen MR) is 74.0 cm³/mol. The van der Waals surface area contributed by atoms with Crippen molar-refractivity contribution in [2.75, 3.05) is 18.2 Å². The second kappa shape index (κ2) is 5.09. The lowest BCUT2D eigenvalue weighted by molar-refractivity contribution is -0.0553. The number of sulfone groups is 1. The highest BCUT2D eigenvalue weighted by Gasteiger charge is 2.29. The molecule has 106 valence electrons. The van der Waals surface area contributed by atoms with Gasteiger partial charge in [-0.05, 0) is 38.8 Å². The van der Waals surface area contributed by atoms with Crippen molar-refractivity contribution in [3.63, 3.8) is 0 Å². The van der Waals surface area contributed by atoms with Crippen LogP contribution in [0.5, 0.6) is 0 Å². The zero-order valence-corrected chi connectivity index (χ0v) is 12.3. The first-order valence-corrected chi connectivity index (χ1v) is 8.23. The fourth-order valence-electron chi connectivity index (χ4n) is 2.35. The number of anilines is 1. The lowest BCUT2D eigenvalue weighted by atomic mass is 9.94. The highest BCUT2D eigenvalue weighted by atomic mass is 32.2. The van der Waals surface area contributed by atoms with Crippen LogP contribution in [0, 0.1) is 0 Å². The number of aromatic nitrogens is 1. The van der Waals surface area contributed by atoms with Gasteiger partial charge < -0.3 is 10.1 Å². The number of nitrogens with one attached hydrogen (secondary N) is 1. The lowest BCUT2D eigenvalue weighted by Gasteiger charge is -2.36. The Kier molecular flexibility index (Phi) is 3.82. The molecule has 1 atom stereocenters. The van der Waals surface area contributed by atoms with Gasteiger partial charge in [-0.15, -0.1) is 0 Å². The van der Waals surface area contributed by atoms with Crippen LogP contribution in [-0.4, -0.2) is 37.9 Å². The van der Waals surface area contributed by atoms with E-state index in [2.05, 4.69) is 10.3 Å². The molecule has 1 aromatic rings. The molecule has 0 saturated carbocycles. The van der Waals surface area contributed by atoms with Crippen LogP contribution in [0.4, 0.5) is 5.82 Å². The van der Waals surface area contributed by atoms with Gasteiger partial charge in [0.25, 0.3) is 0 Å². The summed E-state index contributed by atoms with van der Waals surface area (Å²) in [6.45, 7) is 4.75. The number of ether oxygens (including phenoxy) is 1. The second-order valence-corrected chi connectivity index (χ2v) is 7.55. The molecule has 1 aromatic heterocycles. The van der Waals surface area contributed by atoms with E-state index >= 15 is 0 Å². The van der Waals surface area contributed by atoms with E-state index < -0.39 is 9.84 Å². The smallest absolute Gasteiger partial charge is 0.179 e. The Labute approximate surface area is 114 Å². The maximum Gasteiger partial charge on any atom is 0.179 e. The zero-order chi connectivity index (χ0) is 14.1. The van der Waals surface area contributed by atoms with Crippen LogP contribution in [0.2, 0.25) is 0 Å². The highest BCUT2D eigenvalue weighted by molar-refractivity contribution is 7.90. The fourth-order valence-corrected chi connectivity index (χ4v) is 3.14. The van der Waals surface area contributed by atoms with Gasteiger partial charge in [0.2, 0.25) is 0 Å². The summed E-state index contributed by atoms with van der Waals surface area (Å²) in [6, 6.07) is 3.39. The monoisotopic (exact) mass is 284 g/mol. The molecule has 0 bridgehead atoms. The Balaban J connectivity index is 2.20. The minimum absolute atomic E-state index is 0.180. The molecular formula is C13H20N2O3S. The quantitative estimate of drug-likeness (QED) is 0.917. The first kappa shape index (κ1) is 14.3. The molecule has 0 radical (unpaired) electrons. The molecule has 19 heavy (non-hydrogen) atoms. The van der Waals surface area contributed by atoms with E-state index in [-0.39, 0.29) is 16.5 Å². The van der Waals surface area contributed by atoms with Crippen molar-refractivity contribution in [1.29, 1.82) is 0 Å². The normalized spacial score (nSPS) is 23.0. The number of nitrogens with zero attached hydrogens (tertiary/aromatic N) is 1. The van der Waals surface area contributed by atoms with Crippen molar-refractivity contribution in [2.24, 2.45) is 0 Å². The standard InChI is InChI=1S/C13H20N2O3S/c1-13(2)9-10(6-8-18-13)15-12-11(19(3,16)17)5-4-7-14-12/h4-5,7,10H,6,8-9H2,1-3H3,(H,14,15). The van der Waals surface area contributed by atoms with Crippen LogP contribution in [-0.2, 0) is 14.6 Å². The molecule has 1 aliphatic heterocycles. The Morgan fingerprint density at radius 1 is 1.47 bits per heavy atom. The molecule has 1 fully saturated rings. The van der Waals surface area contributed by atoms with Crippen molar-refractivity contribution in [2.45, 2.75) is 43.2 Å². The third-order valence-corrected chi connectivity index (χ3v) is 4.34. The number of pyridine rings is 1. The molecule has 1 saturated heterocycles. The van der Waals surface area contributed by atoms with Gasteiger partial charge in [0.15, 0.2) is 9.84 Å². The molecular weight excluding hydrogens is 264 g/mol. The van der Waals surface area contributed by atoms with E-state index in [1.54, 1.807) is 18.3 Å². The van der Waals surface area contributed by atoms with Crippen LogP contribution >= 0.6 is 0 Å².